The van der Waals surface area contributed by atoms with E-state index in [0.29, 0.717) is 0 Å². The molecule has 0 aliphatic heterocycles. The summed E-state index contributed by atoms with van der Waals surface area (Å²) in [5.41, 5.74) is 3.19. The van der Waals surface area contributed by atoms with Crippen LogP contribution in [0.1, 0.15) is 11.3 Å². The van der Waals surface area contributed by atoms with Crippen molar-refractivity contribution in [3.8, 4) is 5.75 Å². The summed E-state index contributed by atoms with van der Waals surface area (Å²) in [5, 5.41) is 1.14. The van der Waals surface area contributed by atoms with Crippen LogP contribution < -0.4 is 4.74 Å². The van der Waals surface area contributed by atoms with Crippen molar-refractivity contribution in [2.75, 3.05) is 7.11 Å². The van der Waals surface area contributed by atoms with Crippen LogP contribution in [-0.2, 0) is 0 Å². The van der Waals surface area contributed by atoms with Crippen molar-refractivity contribution in [1.29, 1.82) is 0 Å². The van der Waals surface area contributed by atoms with E-state index < -0.39 is 0 Å². The van der Waals surface area contributed by atoms with E-state index in [1.165, 1.54) is 0 Å². The predicted octanol–water partition coefficient (Wildman–Crippen LogP) is 2.19. The summed E-state index contributed by atoms with van der Waals surface area (Å²) >= 11 is 0. The molecule has 2 aromatic rings. The van der Waals surface area contributed by atoms with Gasteiger partial charge in [0.1, 0.15) is 11.4 Å². The molecule has 0 radical (unpaired) electrons. The molecule has 2 aromatic heterocycles. The molecule has 0 unspecified atom stereocenters. The highest BCUT2D eigenvalue weighted by atomic mass is 16.5. The van der Waals surface area contributed by atoms with E-state index in [1.54, 1.807) is 13.3 Å². The highest BCUT2D eigenvalue weighted by Gasteiger charge is 2.06. The van der Waals surface area contributed by atoms with Crippen molar-refractivity contribution in [3.05, 3.63) is 23.5 Å². The number of fused-ring (bicyclic) bond motifs is 1. The number of hydrogen-bond acceptors (Lipinski definition) is 2. The standard InChI is InChI=1S/C10H12N2O/c1-6-4-8-7(2)9(13-3)5-11-10(8)12-6/h4-5H,1-3H3,(H,11,12). The Morgan fingerprint density at radius 3 is 2.85 bits per heavy atom. The third-order valence-electron chi connectivity index (χ3n) is 2.24. The maximum Gasteiger partial charge on any atom is 0.140 e. The second-order valence-electron chi connectivity index (χ2n) is 3.17. The van der Waals surface area contributed by atoms with Crippen molar-refractivity contribution >= 4 is 11.0 Å². The molecule has 3 heteroatoms. The Balaban J connectivity index is 2.78. The first-order valence-electron chi connectivity index (χ1n) is 4.21. The highest BCUT2D eigenvalue weighted by Crippen LogP contribution is 2.24. The summed E-state index contributed by atoms with van der Waals surface area (Å²) in [7, 11) is 1.66. The summed E-state index contributed by atoms with van der Waals surface area (Å²) in [6, 6.07) is 2.08. The number of rotatable bonds is 1. The molecule has 0 saturated heterocycles. The van der Waals surface area contributed by atoms with E-state index in [1.807, 2.05) is 13.8 Å². The molecule has 0 atom stereocenters. The number of aryl methyl sites for hydroxylation is 2. The van der Waals surface area contributed by atoms with Gasteiger partial charge in [-0.3, -0.25) is 0 Å². The number of nitrogens with zero attached hydrogens (tertiary/aromatic N) is 1. The second kappa shape index (κ2) is 2.76. The molecule has 0 spiro atoms. The maximum absolute atomic E-state index is 5.19. The van der Waals surface area contributed by atoms with Crippen molar-refractivity contribution in [2.45, 2.75) is 13.8 Å². The number of nitrogens with one attached hydrogen (secondary N) is 1. The molecule has 68 valence electrons. The fourth-order valence-electron chi connectivity index (χ4n) is 1.52. The lowest BCUT2D eigenvalue weighted by Crippen LogP contribution is -1.89. The molecule has 1 N–H and O–H groups in total. The number of aromatic amines is 1. The average Bonchev–Trinajstić information content (AvgIpc) is 2.47. The van der Waals surface area contributed by atoms with Gasteiger partial charge in [-0.25, -0.2) is 4.98 Å². The fourth-order valence-corrected chi connectivity index (χ4v) is 1.52. The van der Waals surface area contributed by atoms with E-state index >= 15 is 0 Å². The Morgan fingerprint density at radius 2 is 2.15 bits per heavy atom. The molecule has 0 fully saturated rings. The Morgan fingerprint density at radius 1 is 1.38 bits per heavy atom. The molecule has 2 heterocycles. The lowest BCUT2D eigenvalue weighted by Gasteiger charge is -2.03. The van der Waals surface area contributed by atoms with Crippen LogP contribution >= 0.6 is 0 Å². The molecular formula is C10H12N2O. The Hall–Kier alpha value is -1.51. The Labute approximate surface area is 76.8 Å². The first-order valence-corrected chi connectivity index (χ1v) is 4.21. The second-order valence-corrected chi connectivity index (χ2v) is 3.17. The number of aromatic nitrogens is 2. The molecule has 0 aliphatic rings. The summed E-state index contributed by atoms with van der Waals surface area (Å²) in [6.07, 6.45) is 1.74. The fraction of sp³-hybridized carbons (Fsp3) is 0.300. The van der Waals surface area contributed by atoms with Crippen LogP contribution in [0.4, 0.5) is 0 Å². The van der Waals surface area contributed by atoms with Gasteiger partial charge in [0.2, 0.25) is 0 Å². The van der Waals surface area contributed by atoms with Crippen molar-refractivity contribution in [3.63, 3.8) is 0 Å². The molecular weight excluding hydrogens is 164 g/mol. The van der Waals surface area contributed by atoms with E-state index in [9.17, 15) is 0 Å². The van der Waals surface area contributed by atoms with Crippen LogP contribution in [0.3, 0.4) is 0 Å². The number of H-pyrrole nitrogens is 1. The average molecular weight is 176 g/mol. The van der Waals surface area contributed by atoms with E-state index in [2.05, 4.69) is 16.0 Å². The number of methoxy groups -OCH3 is 1. The Kier molecular flexibility index (Phi) is 1.72. The minimum absolute atomic E-state index is 0.839. The van der Waals surface area contributed by atoms with Gasteiger partial charge >= 0.3 is 0 Å². The minimum Gasteiger partial charge on any atom is -0.495 e. The Bertz CT molecular complexity index is 445. The van der Waals surface area contributed by atoms with E-state index in [4.69, 9.17) is 4.74 Å². The maximum atomic E-state index is 5.19. The van der Waals surface area contributed by atoms with Gasteiger partial charge in [0.05, 0.1) is 13.3 Å². The molecule has 0 amide bonds. The molecule has 0 bridgehead atoms. The molecule has 0 aliphatic carbocycles. The van der Waals surface area contributed by atoms with Crippen molar-refractivity contribution in [2.24, 2.45) is 0 Å². The predicted molar refractivity (Wildman–Crippen MR) is 52.1 cm³/mol. The topological polar surface area (TPSA) is 37.9 Å². The number of hydrogen-bond donors (Lipinski definition) is 1. The first-order chi connectivity index (χ1) is 6.22. The van der Waals surface area contributed by atoms with Gasteiger partial charge in [-0.15, -0.1) is 0 Å². The molecule has 3 nitrogen and oxygen atoms in total. The minimum atomic E-state index is 0.839. The summed E-state index contributed by atoms with van der Waals surface area (Å²) in [4.78, 5) is 7.44. The zero-order valence-corrected chi connectivity index (χ0v) is 8.01. The quantitative estimate of drug-likeness (QED) is 0.723. The summed E-state index contributed by atoms with van der Waals surface area (Å²) in [6.45, 7) is 4.06. The molecule has 2 rings (SSSR count). The lowest BCUT2D eigenvalue weighted by molar-refractivity contribution is 0.411. The highest BCUT2D eigenvalue weighted by molar-refractivity contribution is 5.82. The first kappa shape index (κ1) is 8.10. The normalized spacial score (nSPS) is 10.7. The van der Waals surface area contributed by atoms with E-state index in [0.717, 1.165) is 28.0 Å². The van der Waals surface area contributed by atoms with Gasteiger partial charge in [0, 0.05) is 16.6 Å². The van der Waals surface area contributed by atoms with Crippen LogP contribution in [0.15, 0.2) is 12.3 Å². The zero-order chi connectivity index (χ0) is 9.42. The van der Waals surface area contributed by atoms with Crippen molar-refractivity contribution in [1.82, 2.24) is 9.97 Å². The molecule has 0 saturated carbocycles. The summed E-state index contributed by atoms with van der Waals surface area (Å²) < 4.78 is 5.19. The third kappa shape index (κ3) is 1.16. The summed E-state index contributed by atoms with van der Waals surface area (Å²) in [5.74, 6) is 0.839. The van der Waals surface area contributed by atoms with Gasteiger partial charge in [-0.1, -0.05) is 0 Å². The monoisotopic (exact) mass is 176 g/mol. The number of ether oxygens (including phenoxy) is 1. The number of pyridine rings is 1. The van der Waals surface area contributed by atoms with Crippen molar-refractivity contribution < 1.29 is 4.74 Å². The molecule has 0 aromatic carbocycles. The molecule has 13 heavy (non-hydrogen) atoms. The van der Waals surface area contributed by atoms with Crippen LogP contribution in [0, 0.1) is 13.8 Å². The van der Waals surface area contributed by atoms with Crippen LogP contribution in [-0.4, -0.2) is 17.1 Å². The SMILES string of the molecule is COc1cnc2[nH]c(C)cc2c1C. The van der Waals surface area contributed by atoms with Crippen LogP contribution in [0.5, 0.6) is 5.75 Å². The van der Waals surface area contributed by atoms with Gasteiger partial charge < -0.3 is 9.72 Å². The largest absolute Gasteiger partial charge is 0.495 e. The smallest absolute Gasteiger partial charge is 0.140 e. The van der Waals surface area contributed by atoms with Gasteiger partial charge in [0.25, 0.3) is 0 Å². The van der Waals surface area contributed by atoms with Gasteiger partial charge in [0.15, 0.2) is 0 Å². The van der Waals surface area contributed by atoms with Crippen LogP contribution in [0.2, 0.25) is 0 Å². The van der Waals surface area contributed by atoms with Gasteiger partial charge in [-0.2, -0.15) is 0 Å². The van der Waals surface area contributed by atoms with Gasteiger partial charge in [-0.05, 0) is 19.9 Å². The zero-order valence-electron chi connectivity index (χ0n) is 8.01. The van der Waals surface area contributed by atoms with Crippen LogP contribution in [0.25, 0.3) is 11.0 Å². The van der Waals surface area contributed by atoms with E-state index in [-0.39, 0.29) is 0 Å². The lowest BCUT2D eigenvalue weighted by atomic mass is 10.2. The third-order valence-corrected chi connectivity index (χ3v) is 2.24.